The second-order valence-corrected chi connectivity index (χ2v) is 19.9. The smallest absolute Gasteiger partial charge is 0.309 e. The molecule has 1 aromatic carbocycles. The Balaban J connectivity index is 1.23. The predicted octanol–water partition coefficient (Wildman–Crippen LogP) is 10.2. The number of hydrogen-bond acceptors (Lipinski definition) is 5. The lowest BCUT2D eigenvalue weighted by Gasteiger charge is -2.71. The van der Waals surface area contributed by atoms with Crippen molar-refractivity contribution in [1.29, 1.82) is 0 Å². The van der Waals surface area contributed by atoms with Gasteiger partial charge in [0.15, 0.2) is 5.78 Å². The Morgan fingerprint density at radius 2 is 1.69 bits per heavy atom. The van der Waals surface area contributed by atoms with Gasteiger partial charge in [0, 0.05) is 23.4 Å². The number of nitrogens with zero attached hydrogens (tertiary/aromatic N) is 1. The van der Waals surface area contributed by atoms with Crippen LogP contribution in [0.25, 0.3) is 0 Å². The largest absolute Gasteiger partial charge is 0.481 e. The number of carbonyl (C=O) groups excluding carboxylic acids is 2. The molecule has 6 rings (SSSR count). The van der Waals surface area contributed by atoms with E-state index in [0.717, 1.165) is 68.6 Å². The van der Waals surface area contributed by atoms with E-state index in [1.165, 1.54) is 18.4 Å². The van der Waals surface area contributed by atoms with Gasteiger partial charge in [-0.3, -0.25) is 14.4 Å². The van der Waals surface area contributed by atoms with Crippen LogP contribution in [0.1, 0.15) is 132 Å². The Morgan fingerprint density at radius 3 is 2.33 bits per heavy atom. The fourth-order valence-electron chi connectivity index (χ4n) is 12.8. The normalized spacial score (nSPS) is 37.9. The van der Waals surface area contributed by atoms with E-state index in [9.17, 15) is 19.5 Å². The molecule has 0 amide bonds. The zero-order chi connectivity index (χ0) is 37.3. The van der Waals surface area contributed by atoms with Gasteiger partial charge in [0.2, 0.25) is 0 Å². The van der Waals surface area contributed by atoms with E-state index < -0.39 is 17.4 Å². The summed E-state index contributed by atoms with van der Waals surface area (Å²) in [6.07, 6.45) is 10.2. The fourth-order valence-corrected chi connectivity index (χ4v) is 13.0. The van der Waals surface area contributed by atoms with Gasteiger partial charge < -0.3 is 14.7 Å². The number of ketones is 1. The van der Waals surface area contributed by atoms with Gasteiger partial charge in [-0.25, -0.2) is 0 Å². The van der Waals surface area contributed by atoms with E-state index in [-0.39, 0.29) is 46.0 Å². The lowest BCUT2D eigenvalue weighted by molar-refractivity contribution is -0.216. The van der Waals surface area contributed by atoms with Crippen LogP contribution in [0.5, 0.6) is 0 Å². The molecule has 4 fully saturated rings. The molecule has 0 aromatic heterocycles. The van der Waals surface area contributed by atoms with Crippen LogP contribution < -0.4 is 0 Å². The molecule has 4 saturated carbocycles. The highest BCUT2D eigenvalue weighted by molar-refractivity contribution is 6.30. The lowest BCUT2D eigenvalue weighted by atomic mass is 9.34. The van der Waals surface area contributed by atoms with Crippen molar-refractivity contribution >= 4 is 29.3 Å². The molecule has 51 heavy (non-hydrogen) atoms. The number of Topliss-reactive ketones (excluding diaryl/α,β-unsaturated/α-hetero) is 1. The summed E-state index contributed by atoms with van der Waals surface area (Å²) in [7, 11) is 2.21. The minimum Gasteiger partial charge on any atom is -0.481 e. The number of hydrogen-bond donors (Lipinski definition) is 1. The molecular formula is C44H64ClNO5. The van der Waals surface area contributed by atoms with Gasteiger partial charge in [0.1, 0.15) is 6.10 Å². The summed E-state index contributed by atoms with van der Waals surface area (Å²) in [5.74, 6) is 0.994. The van der Waals surface area contributed by atoms with Gasteiger partial charge in [0.25, 0.3) is 0 Å². The minimum atomic E-state index is -1.13. The van der Waals surface area contributed by atoms with E-state index in [1.54, 1.807) is 19.4 Å². The number of carboxylic acid groups (broad SMARTS) is 1. The molecular weight excluding hydrogens is 658 g/mol. The third-order valence-electron chi connectivity index (χ3n) is 15.9. The van der Waals surface area contributed by atoms with Crippen LogP contribution in [0.3, 0.4) is 0 Å². The Morgan fingerprint density at radius 1 is 1.00 bits per heavy atom. The number of carboxylic acids is 1. The molecule has 6 nitrogen and oxygen atoms in total. The predicted molar refractivity (Wildman–Crippen MR) is 203 cm³/mol. The average Bonchev–Trinajstić information content (AvgIpc) is 3.35. The van der Waals surface area contributed by atoms with E-state index in [2.05, 4.69) is 65.6 Å². The third kappa shape index (κ3) is 6.44. The summed E-state index contributed by atoms with van der Waals surface area (Å²) in [5, 5.41) is 10.3. The number of halogens is 1. The van der Waals surface area contributed by atoms with Crippen molar-refractivity contribution < 1.29 is 24.2 Å². The minimum absolute atomic E-state index is 0.0366. The van der Waals surface area contributed by atoms with Gasteiger partial charge in [-0.2, -0.15) is 0 Å². The summed E-state index contributed by atoms with van der Waals surface area (Å²) < 4.78 is 6.08. The summed E-state index contributed by atoms with van der Waals surface area (Å²) in [6.45, 7) is 19.6. The third-order valence-corrected chi connectivity index (χ3v) is 16.1. The SMILES string of the molecule is CC(C)C1=C2C3CCC4C5(C)CCC(OC(=O)CC(C)(C)C(=O)O)C(C)C5CCC4(C)[C@]3(C)CCC2(CCN(C)Cc2ccc(Cl)cc2)CC1=O. The van der Waals surface area contributed by atoms with E-state index in [0.29, 0.717) is 30.0 Å². The fraction of sp³-hybridized carbons (Fsp3) is 0.750. The molecule has 0 heterocycles. The zero-order valence-electron chi connectivity index (χ0n) is 32.9. The van der Waals surface area contributed by atoms with E-state index >= 15 is 0 Å². The maximum Gasteiger partial charge on any atom is 0.309 e. The highest BCUT2D eigenvalue weighted by Crippen LogP contribution is 2.76. The molecule has 0 bridgehead atoms. The molecule has 8 unspecified atom stereocenters. The van der Waals surface area contributed by atoms with Crippen molar-refractivity contribution in [1.82, 2.24) is 4.90 Å². The van der Waals surface area contributed by atoms with Gasteiger partial charge >= 0.3 is 11.9 Å². The Labute approximate surface area is 312 Å². The van der Waals surface area contributed by atoms with Gasteiger partial charge in [-0.15, -0.1) is 0 Å². The van der Waals surface area contributed by atoms with Crippen LogP contribution >= 0.6 is 11.6 Å². The molecule has 282 valence electrons. The highest BCUT2D eigenvalue weighted by atomic mass is 35.5. The first-order chi connectivity index (χ1) is 23.8. The molecule has 9 atom stereocenters. The Hall–Kier alpha value is -2.18. The van der Waals surface area contributed by atoms with Crippen molar-refractivity contribution in [3.63, 3.8) is 0 Å². The summed E-state index contributed by atoms with van der Waals surface area (Å²) in [5.41, 5.74) is 3.24. The molecule has 1 N–H and O–H groups in total. The van der Waals surface area contributed by atoms with Crippen molar-refractivity contribution in [3.8, 4) is 0 Å². The van der Waals surface area contributed by atoms with Gasteiger partial charge in [-0.05, 0) is 154 Å². The molecule has 0 aliphatic heterocycles. The van der Waals surface area contributed by atoms with Crippen molar-refractivity contribution in [2.75, 3.05) is 13.6 Å². The number of benzene rings is 1. The van der Waals surface area contributed by atoms with Crippen molar-refractivity contribution in [2.45, 2.75) is 139 Å². The average molecular weight is 722 g/mol. The van der Waals surface area contributed by atoms with Crippen LogP contribution in [-0.4, -0.2) is 47.4 Å². The van der Waals surface area contributed by atoms with Crippen LogP contribution in [-0.2, 0) is 25.7 Å². The molecule has 1 aromatic rings. The monoisotopic (exact) mass is 721 g/mol. The zero-order valence-corrected chi connectivity index (χ0v) is 33.6. The first-order valence-electron chi connectivity index (χ1n) is 19.9. The first kappa shape index (κ1) is 38.5. The quantitative estimate of drug-likeness (QED) is 0.242. The number of allylic oxidation sites excluding steroid dienone is 2. The maximum absolute atomic E-state index is 14.0. The number of fused-ring (bicyclic) bond motifs is 7. The molecule has 0 radical (unpaired) electrons. The molecule has 5 aliphatic rings. The summed E-state index contributed by atoms with van der Waals surface area (Å²) in [4.78, 5) is 41.1. The number of esters is 1. The second kappa shape index (κ2) is 13.6. The van der Waals surface area contributed by atoms with E-state index in [4.69, 9.17) is 16.3 Å². The standard InChI is InChI=1S/C44H64ClNO5/c1-27(2)37-33(47)24-44(22-23-46(9)26-29-10-12-30(45)13-11-29)21-20-42(7)32(38(37)44)14-15-35-41(6)18-17-34(28(3)31(41)16-19-43(35,42)8)51-36(48)25-40(4,5)39(49)50/h10-13,27-28,31-32,34-35H,14-26H2,1-9H3,(H,49,50)/t28?,31?,32?,34?,35?,41?,42-,43?,44?/m1/s1. The second-order valence-electron chi connectivity index (χ2n) is 19.4. The topological polar surface area (TPSA) is 83.9 Å². The molecule has 0 spiro atoms. The van der Waals surface area contributed by atoms with Crippen molar-refractivity contribution in [3.05, 3.63) is 46.0 Å². The number of ether oxygens (including phenoxy) is 1. The molecule has 0 saturated heterocycles. The number of carbonyl (C=O) groups is 3. The molecule has 7 heteroatoms. The van der Waals surface area contributed by atoms with Crippen LogP contribution in [0.4, 0.5) is 0 Å². The molecule has 5 aliphatic carbocycles. The highest BCUT2D eigenvalue weighted by Gasteiger charge is 2.69. The van der Waals surface area contributed by atoms with Crippen LogP contribution in [0.15, 0.2) is 35.4 Å². The van der Waals surface area contributed by atoms with Gasteiger partial charge in [0.05, 0.1) is 11.8 Å². The lowest BCUT2D eigenvalue weighted by Crippen LogP contribution is -2.64. The van der Waals surface area contributed by atoms with Crippen LogP contribution in [0.2, 0.25) is 5.02 Å². The van der Waals surface area contributed by atoms with Crippen LogP contribution in [0, 0.1) is 56.7 Å². The first-order valence-corrected chi connectivity index (χ1v) is 20.3. The number of rotatable bonds is 10. The maximum atomic E-state index is 14.0. The summed E-state index contributed by atoms with van der Waals surface area (Å²) in [6, 6.07) is 8.16. The van der Waals surface area contributed by atoms with Crippen molar-refractivity contribution in [2.24, 2.45) is 56.7 Å². The Kier molecular flexibility index (Phi) is 10.3. The summed E-state index contributed by atoms with van der Waals surface area (Å²) >= 11 is 6.16. The van der Waals surface area contributed by atoms with E-state index in [1.807, 2.05) is 12.1 Å². The number of aliphatic carboxylic acids is 1. The Bertz CT molecular complexity index is 1570. The van der Waals surface area contributed by atoms with Gasteiger partial charge in [-0.1, -0.05) is 70.8 Å².